The molecule has 1 aromatic heterocycles. The van der Waals surface area contributed by atoms with Gasteiger partial charge in [0.25, 0.3) is 5.91 Å². The van der Waals surface area contributed by atoms with Gasteiger partial charge in [0, 0.05) is 37.3 Å². The summed E-state index contributed by atoms with van der Waals surface area (Å²) in [5, 5.41) is 19.2. The summed E-state index contributed by atoms with van der Waals surface area (Å²) in [6.45, 7) is 7.27. The first-order chi connectivity index (χ1) is 24.0. The fraction of sp³-hybridized carbons (Fsp3) is 0.486. The Morgan fingerprint density at radius 1 is 0.980 bits per heavy atom. The van der Waals surface area contributed by atoms with Crippen LogP contribution in [0.4, 0.5) is 22.4 Å². The molecule has 6 bridgehead atoms. The van der Waals surface area contributed by atoms with Crippen LogP contribution in [0.15, 0.2) is 42.5 Å². The molecule has 15 nitrogen and oxygen atoms in total. The summed E-state index contributed by atoms with van der Waals surface area (Å²) in [7, 11) is 1.26. The highest BCUT2D eigenvalue weighted by atomic mass is 16.6. The predicted molar refractivity (Wildman–Crippen MR) is 184 cm³/mol. The Kier molecular flexibility index (Phi) is 11.8. The van der Waals surface area contributed by atoms with Crippen LogP contribution in [0, 0.1) is 5.92 Å². The number of anilines is 3. The molecule has 3 aromatic rings. The maximum Gasteiger partial charge on any atom is 0.410 e. The van der Waals surface area contributed by atoms with E-state index in [1.54, 1.807) is 39.0 Å². The van der Waals surface area contributed by atoms with E-state index in [-0.39, 0.29) is 29.8 Å². The highest BCUT2D eigenvalue weighted by Crippen LogP contribution is 2.28. The summed E-state index contributed by atoms with van der Waals surface area (Å²) >= 11 is 0. The zero-order valence-corrected chi connectivity index (χ0v) is 28.9. The van der Waals surface area contributed by atoms with Gasteiger partial charge >= 0.3 is 18.1 Å². The molecule has 0 saturated carbocycles. The summed E-state index contributed by atoms with van der Waals surface area (Å²) in [6, 6.07) is 11.1. The number of nitrogens with zero attached hydrogens (tertiary/aromatic N) is 4. The average Bonchev–Trinajstić information content (AvgIpc) is 3.57. The third-order valence-corrected chi connectivity index (χ3v) is 8.13. The van der Waals surface area contributed by atoms with Crippen LogP contribution in [0.2, 0.25) is 0 Å². The number of methoxy groups -OCH3 is 1. The van der Waals surface area contributed by atoms with E-state index in [1.807, 2.05) is 24.3 Å². The highest BCUT2D eigenvalue weighted by Gasteiger charge is 2.39. The average molecular weight is 692 g/mol. The van der Waals surface area contributed by atoms with Gasteiger partial charge in [-0.3, -0.25) is 4.79 Å². The van der Waals surface area contributed by atoms with Crippen molar-refractivity contribution in [2.75, 3.05) is 44.0 Å². The van der Waals surface area contributed by atoms with Gasteiger partial charge in [0.05, 0.1) is 25.9 Å². The number of likely N-dealkylation sites (tertiary alicyclic amines) is 1. The van der Waals surface area contributed by atoms with Crippen molar-refractivity contribution in [2.24, 2.45) is 5.92 Å². The lowest BCUT2D eigenvalue weighted by Gasteiger charge is -2.26. The lowest BCUT2D eigenvalue weighted by Crippen LogP contribution is -2.48. The maximum absolute atomic E-state index is 13.8. The molecule has 15 heteroatoms. The first-order valence-corrected chi connectivity index (χ1v) is 16.8. The lowest BCUT2D eigenvalue weighted by atomic mass is 9.98. The number of benzene rings is 2. The number of hydrogen-bond donors (Lipinski definition) is 4. The van der Waals surface area contributed by atoms with Crippen molar-refractivity contribution in [3.05, 3.63) is 53.6 Å². The Morgan fingerprint density at radius 2 is 1.70 bits per heavy atom. The standard InChI is InChI=1S/C35H45N7O8/c1-35(2,3)50-34(46)42-16-15-23(21-42)28(30(44)47-4)38-29(43)26-14-11-24-19-27(26)49-18-8-6-5-7-17-48-25-12-9-22(10-13-25)20-36-31-39-32(37-24)41-33(45)40-31/h9-14,19,23,28H,5-8,15-18,20-21H2,1-4H3,(H,38,43)(H3,36,37,39,40,41,45). The predicted octanol–water partition coefficient (Wildman–Crippen LogP) is 4.79. The van der Waals surface area contributed by atoms with Crippen LogP contribution in [0.3, 0.4) is 0 Å². The molecule has 0 spiro atoms. The topological polar surface area (TPSA) is 186 Å². The zero-order valence-electron chi connectivity index (χ0n) is 28.9. The van der Waals surface area contributed by atoms with Gasteiger partial charge in [-0.15, -0.1) is 0 Å². The van der Waals surface area contributed by atoms with Gasteiger partial charge in [-0.1, -0.05) is 12.1 Å². The molecule has 4 heterocycles. The minimum Gasteiger partial charge on any atom is -0.494 e. The third-order valence-electron chi connectivity index (χ3n) is 8.13. The van der Waals surface area contributed by atoms with Crippen molar-refractivity contribution in [1.82, 2.24) is 25.2 Å². The Morgan fingerprint density at radius 3 is 2.42 bits per heavy atom. The van der Waals surface area contributed by atoms with Gasteiger partial charge < -0.3 is 44.9 Å². The molecular formula is C35H45N7O8. The van der Waals surface area contributed by atoms with Crippen LogP contribution in [0.25, 0.3) is 0 Å². The summed E-state index contributed by atoms with van der Waals surface area (Å²) in [5.41, 5.74) is 0.986. The molecule has 50 heavy (non-hydrogen) atoms. The molecule has 6 rings (SSSR count). The number of rotatable bonds is 4. The molecule has 1 saturated heterocycles. The first-order valence-electron chi connectivity index (χ1n) is 16.8. The first kappa shape index (κ1) is 36.0. The number of carbonyl (C=O) groups excluding carboxylic acids is 3. The smallest absolute Gasteiger partial charge is 0.410 e. The van der Waals surface area contributed by atoms with Crippen molar-refractivity contribution in [3.8, 4) is 17.5 Å². The molecule has 268 valence electrons. The molecule has 1 fully saturated rings. The van der Waals surface area contributed by atoms with Crippen LogP contribution in [0.5, 0.6) is 17.5 Å². The minimum absolute atomic E-state index is 0.0688. The summed E-state index contributed by atoms with van der Waals surface area (Å²) in [4.78, 5) is 53.3. The van der Waals surface area contributed by atoms with E-state index >= 15 is 0 Å². The molecule has 2 unspecified atom stereocenters. The number of aromatic nitrogens is 3. The largest absolute Gasteiger partial charge is 0.494 e. The number of ether oxygens (including phenoxy) is 4. The molecule has 2 amide bonds. The molecule has 2 aromatic carbocycles. The number of aromatic hydroxyl groups is 1. The lowest BCUT2D eigenvalue weighted by molar-refractivity contribution is -0.144. The van der Waals surface area contributed by atoms with E-state index in [0.717, 1.165) is 37.0 Å². The highest BCUT2D eigenvalue weighted by molar-refractivity contribution is 5.99. The molecular weight excluding hydrogens is 646 g/mol. The maximum atomic E-state index is 13.8. The van der Waals surface area contributed by atoms with Crippen LogP contribution in [-0.4, -0.2) is 88.0 Å². The van der Waals surface area contributed by atoms with Crippen molar-refractivity contribution in [3.63, 3.8) is 0 Å². The summed E-state index contributed by atoms with van der Waals surface area (Å²) in [6.07, 6.45) is 3.43. The van der Waals surface area contributed by atoms with Crippen LogP contribution in [-0.2, 0) is 20.8 Å². The van der Waals surface area contributed by atoms with Gasteiger partial charge in [-0.05, 0) is 82.7 Å². The van der Waals surface area contributed by atoms with Crippen molar-refractivity contribution >= 4 is 35.6 Å². The molecule has 4 N–H and O–H groups in total. The summed E-state index contributed by atoms with van der Waals surface area (Å²) in [5.74, 6) is -0.286. The van der Waals surface area contributed by atoms with Crippen LogP contribution >= 0.6 is 0 Å². The van der Waals surface area contributed by atoms with Crippen molar-refractivity contribution in [2.45, 2.75) is 71.1 Å². The van der Waals surface area contributed by atoms with Crippen LogP contribution in [0.1, 0.15) is 68.8 Å². The van der Waals surface area contributed by atoms with E-state index < -0.39 is 41.5 Å². The minimum atomic E-state index is -1.01. The van der Waals surface area contributed by atoms with Crippen LogP contribution < -0.4 is 25.4 Å². The van der Waals surface area contributed by atoms with Gasteiger partial charge in [0.15, 0.2) is 0 Å². The number of fused-ring (bicyclic) bond motifs is 10. The number of carbonyl (C=O) groups is 3. The van der Waals surface area contributed by atoms with E-state index in [2.05, 4.69) is 30.9 Å². The second-order valence-corrected chi connectivity index (χ2v) is 13.2. The molecule has 0 radical (unpaired) electrons. The monoisotopic (exact) mass is 691 g/mol. The third kappa shape index (κ3) is 10.1. The SMILES string of the molecule is COC(=O)C(NC(=O)c1ccc2cc1OCCCCCCOc1ccc(cc1)CNc1nc(O)nc(n1)N2)C1CCN(C(=O)OC(C)(C)C)C1. The van der Waals surface area contributed by atoms with E-state index in [1.165, 1.54) is 12.0 Å². The van der Waals surface area contributed by atoms with E-state index in [9.17, 15) is 19.5 Å². The van der Waals surface area contributed by atoms with Crippen molar-refractivity contribution < 1.29 is 38.4 Å². The van der Waals surface area contributed by atoms with E-state index in [0.29, 0.717) is 38.4 Å². The van der Waals surface area contributed by atoms with Gasteiger partial charge in [0.1, 0.15) is 23.1 Å². The van der Waals surface area contributed by atoms with Gasteiger partial charge in [0.2, 0.25) is 11.9 Å². The molecule has 2 atom stereocenters. The molecule has 0 aliphatic carbocycles. The fourth-order valence-corrected chi connectivity index (χ4v) is 5.62. The van der Waals surface area contributed by atoms with Crippen molar-refractivity contribution in [1.29, 1.82) is 0 Å². The Balaban J connectivity index is 1.35. The molecule has 3 aliphatic rings. The summed E-state index contributed by atoms with van der Waals surface area (Å²) < 4.78 is 22.6. The fourth-order valence-electron chi connectivity index (χ4n) is 5.62. The second kappa shape index (κ2) is 16.4. The number of esters is 1. The van der Waals surface area contributed by atoms with E-state index in [4.69, 9.17) is 18.9 Å². The van der Waals surface area contributed by atoms with Gasteiger partial charge in [-0.2, -0.15) is 15.0 Å². The number of hydrogen-bond acceptors (Lipinski definition) is 13. The quantitative estimate of drug-likeness (QED) is 0.274. The Hall–Kier alpha value is -5.34. The van der Waals surface area contributed by atoms with Gasteiger partial charge in [-0.25, -0.2) is 9.59 Å². The molecule has 3 aliphatic heterocycles. The number of amides is 2. The normalized spacial score (nSPS) is 17.4. The Labute approximate surface area is 291 Å². The number of nitrogens with one attached hydrogen (secondary N) is 3. The zero-order chi connectivity index (χ0) is 35.7. The second-order valence-electron chi connectivity index (χ2n) is 13.2. The Bertz CT molecular complexity index is 1650.